The molecule has 1 aliphatic heterocycles. The van der Waals surface area contributed by atoms with Gasteiger partial charge in [0.05, 0.1) is 12.7 Å². The fourth-order valence-corrected chi connectivity index (χ4v) is 3.62. The predicted molar refractivity (Wildman–Crippen MR) is 113 cm³/mol. The van der Waals surface area contributed by atoms with Crippen LogP contribution in [0.2, 0.25) is 0 Å². The molecule has 0 radical (unpaired) electrons. The van der Waals surface area contributed by atoms with Gasteiger partial charge in [0, 0.05) is 50.5 Å². The van der Waals surface area contributed by atoms with Crippen molar-refractivity contribution in [1.29, 1.82) is 0 Å². The molecule has 1 fully saturated rings. The number of piperazine rings is 1. The van der Waals surface area contributed by atoms with Crippen LogP contribution in [0.4, 0.5) is 4.39 Å². The molecule has 0 aromatic heterocycles. The lowest BCUT2D eigenvalue weighted by Crippen LogP contribution is -2.51. The van der Waals surface area contributed by atoms with Gasteiger partial charge in [-0.05, 0) is 36.3 Å². The van der Waals surface area contributed by atoms with Crippen molar-refractivity contribution in [3.05, 3.63) is 65.0 Å². The largest absolute Gasteiger partial charge is 0.507 e. The summed E-state index contributed by atoms with van der Waals surface area (Å²) < 4.78 is 18.5. The molecule has 30 heavy (non-hydrogen) atoms. The van der Waals surface area contributed by atoms with Crippen molar-refractivity contribution in [1.82, 2.24) is 10.2 Å². The zero-order valence-electron chi connectivity index (χ0n) is 17.0. The zero-order valence-corrected chi connectivity index (χ0v) is 17.0. The van der Waals surface area contributed by atoms with Gasteiger partial charge in [-0.1, -0.05) is 18.2 Å². The first-order chi connectivity index (χ1) is 14.5. The van der Waals surface area contributed by atoms with Crippen molar-refractivity contribution < 1.29 is 24.1 Å². The van der Waals surface area contributed by atoms with E-state index in [0.29, 0.717) is 24.3 Å². The minimum Gasteiger partial charge on any atom is -0.507 e. The number of aliphatic hydroxyl groups excluding tert-OH is 1. The summed E-state index contributed by atoms with van der Waals surface area (Å²) in [5, 5.41) is 23.0. The zero-order chi connectivity index (χ0) is 21.5. The number of ketones is 1. The van der Waals surface area contributed by atoms with E-state index in [1.54, 1.807) is 24.3 Å². The lowest BCUT2D eigenvalue weighted by atomic mass is 10.0. The van der Waals surface area contributed by atoms with Crippen molar-refractivity contribution in [2.45, 2.75) is 19.0 Å². The molecule has 7 heteroatoms. The van der Waals surface area contributed by atoms with Crippen molar-refractivity contribution >= 4 is 11.9 Å². The number of hydrogen-bond acceptors (Lipinski definition) is 6. The molecule has 1 aliphatic rings. The number of ether oxygens (including phenoxy) is 1. The van der Waals surface area contributed by atoms with Crippen LogP contribution in [0.1, 0.15) is 27.9 Å². The van der Waals surface area contributed by atoms with E-state index in [1.165, 1.54) is 31.4 Å². The number of aromatic hydroxyl groups is 1. The molecule has 0 aliphatic carbocycles. The van der Waals surface area contributed by atoms with Crippen LogP contribution in [-0.4, -0.2) is 60.3 Å². The molecule has 1 heterocycles. The molecule has 160 valence electrons. The van der Waals surface area contributed by atoms with Gasteiger partial charge >= 0.3 is 0 Å². The second-order valence-electron chi connectivity index (χ2n) is 7.27. The molecule has 0 bridgehead atoms. The number of methoxy groups -OCH3 is 1. The van der Waals surface area contributed by atoms with E-state index >= 15 is 0 Å². The first-order valence-electron chi connectivity index (χ1n) is 9.95. The Hall–Kier alpha value is -2.74. The molecule has 0 spiro atoms. The van der Waals surface area contributed by atoms with Crippen molar-refractivity contribution in [3.8, 4) is 11.5 Å². The third-order valence-corrected chi connectivity index (χ3v) is 5.27. The number of allylic oxidation sites excluding steroid dienone is 1. The molecular weight excluding hydrogens is 387 g/mol. The first kappa shape index (κ1) is 22.0. The van der Waals surface area contributed by atoms with E-state index in [-0.39, 0.29) is 35.6 Å². The molecule has 2 aromatic rings. The maximum atomic E-state index is 13.0. The van der Waals surface area contributed by atoms with E-state index in [1.807, 2.05) is 0 Å². The summed E-state index contributed by atoms with van der Waals surface area (Å²) >= 11 is 0. The maximum absolute atomic E-state index is 13.0. The molecule has 0 amide bonds. The first-order valence-corrected chi connectivity index (χ1v) is 9.95. The number of nitrogens with one attached hydrogen (secondary N) is 1. The van der Waals surface area contributed by atoms with Crippen LogP contribution in [0.15, 0.2) is 42.5 Å². The average molecular weight is 414 g/mol. The molecule has 3 N–H and O–H groups in total. The Labute approximate surface area is 175 Å². The lowest BCUT2D eigenvalue weighted by Gasteiger charge is -2.36. The molecule has 3 rings (SSSR count). The molecule has 1 saturated heterocycles. The Morgan fingerprint density at radius 3 is 2.80 bits per heavy atom. The highest BCUT2D eigenvalue weighted by atomic mass is 19.1. The number of carbonyl (C=O) groups is 1. The minimum atomic E-state index is -0.354. The number of halogens is 1. The number of phenols is 1. The van der Waals surface area contributed by atoms with Crippen LogP contribution < -0.4 is 10.1 Å². The van der Waals surface area contributed by atoms with Gasteiger partial charge in [0.25, 0.3) is 0 Å². The third-order valence-electron chi connectivity index (χ3n) is 5.27. The Morgan fingerprint density at radius 2 is 2.10 bits per heavy atom. The second-order valence-corrected chi connectivity index (χ2v) is 7.27. The Morgan fingerprint density at radius 1 is 1.33 bits per heavy atom. The summed E-state index contributed by atoms with van der Waals surface area (Å²) in [5.74, 6) is -0.347. The highest BCUT2D eigenvalue weighted by Crippen LogP contribution is 2.30. The van der Waals surface area contributed by atoms with Crippen molar-refractivity contribution in [3.63, 3.8) is 0 Å². The van der Waals surface area contributed by atoms with Gasteiger partial charge in [-0.3, -0.25) is 9.69 Å². The molecule has 6 nitrogen and oxygen atoms in total. The van der Waals surface area contributed by atoms with Crippen LogP contribution in [0.25, 0.3) is 6.08 Å². The molecule has 1 atom stereocenters. The Bertz CT molecular complexity index is 897. The third kappa shape index (κ3) is 5.44. The quantitative estimate of drug-likeness (QED) is 0.455. The van der Waals surface area contributed by atoms with Crippen LogP contribution in [-0.2, 0) is 6.54 Å². The predicted octanol–water partition coefficient (Wildman–Crippen LogP) is 2.59. The lowest BCUT2D eigenvalue weighted by molar-refractivity contribution is 0.104. The van der Waals surface area contributed by atoms with Crippen molar-refractivity contribution in [2.24, 2.45) is 0 Å². The Balaban J connectivity index is 1.83. The minimum absolute atomic E-state index is 0.105. The van der Waals surface area contributed by atoms with E-state index in [0.717, 1.165) is 25.2 Å². The number of rotatable bonds is 8. The van der Waals surface area contributed by atoms with Gasteiger partial charge in [-0.25, -0.2) is 4.39 Å². The highest BCUT2D eigenvalue weighted by Gasteiger charge is 2.24. The number of aliphatic hydroxyl groups is 1. The number of nitrogens with zero attached hydrogens (tertiary/aromatic N) is 1. The average Bonchev–Trinajstić information content (AvgIpc) is 2.75. The monoisotopic (exact) mass is 414 g/mol. The molecular formula is C23H27FN2O4. The van der Waals surface area contributed by atoms with Crippen LogP contribution in [0.3, 0.4) is 0 Å². The summed E-state index contributed by atoms with van der Waals surface area (Å²) in [6.45, 7) is 3.08. The van der Waals surface area contributed by atoms with E-state index < -0.39 is 0 Å². The van der Waals surface area contributed by atoms with Gasteiger partial charge < -0.3 is 20.3 Å². The summed E-state index contributed by atoms with van der Waals surface area (Å²) in [7, 11) is 1.52. The fraction of sp³-hybridized carbons (Fsp3) is 0.348. The van der Waals surface area contributed by atoms with Crippen LogP contribution >= 0.6 is 0 Å². The molecule has 1 unspecified atom stereocenters. The van der Waals surface area contributed by atoms with E-state index in [9.17, 15) is 19.4 Å². The van der Waals surface area contributed by atoms with Crippen LogP contribution in [0, 0.1) is 5.82 Å². The number of benzene rings is 2. The van der Waals surface area contributed by atoms with Gasteiger partial charge in [0.15, 0.2) is 5.78 Å². The summed E-state index contributed by atoms with van der Waals surface area (Å²) in [5.41, 5.74) is 1.65. The van der Waals surface area contributed by atoms with Gasteiger partial charge in [0.1, 0.15) is 17.3 Å². The van der Waals surface area contributed by atoms with Crippen molar-refractivity contribution in [2.75, 3.05) is 33.4 Å². The second kappa shape index (κ2) is 10.3. The summed E-state index contributed by atoms with van der Waals surface area (Å²) in [4.78, 5) is 14.9. The fourth-order valence-electron chi connectivity index (χ4n) is 3.62. The van der Waals surface area contributed by atoms with E-state index in [4.69, 9.17) is 4.74 Å². The van der Waals surface area contributed by atoms with Gasteiger partial charge in [-0.15, -0.1) is 0 Å². The molecule has 0 saturated carbocycles. The summed E-state index contributed by atoms with van der Waals surface area (Å²) in [6.07, 6.45) is 3.59. The Kier molecular flexibility index (Phi) is 7.57. The topological polar surface area (TPSA) is 82.0 Å². The summed E-state index contributed by atoms with van der Waals surface area (Å²) in [6, 6.07) is 9.09. The SMILES string of the molecule is COc1cc(O)c(C(=O)/C=C/c2ccc(F)cc2)cc1CN1CCNCC1CCO. The van der Waals surface area contributed by atoms with Crippen LogP contribution in [0.5, 0.6) is 11.5 Å². The maximum Gasteiger partial charge on any atom is 0.189 e. The normalized spacial score (nSPS) is 17.4. The highest BCUT2D eigenvalue weighted by molar-refractivity contribution is 6.08. The van der Waals surface area contributed by atoms with E-state index in [2.05, 4.69) is 10.2 Å². The van der Waals surface area contributed by atoms with Gasteiger partial charge in [-0.2, -0.15) is 0 Å². The number of phenolic OH excluding ortho intramolecular Hbond substituents is 1. The smallest absolute Gasteiger partial charge is 0.189 e. The standard InChI is InChI=1S/C23H27FN2O4/c1-30-23-13-22(29)20(21(28)7-4-16-2-5-18(24)6-3-16)12-17(23)15-26-10-9-25-14-19(26)8-11-27/h2-7,12-13,19,25,27,29H,8-11,14-15H2,1H3/b7-4+. The number of hydrogen-bond donors (Lipinski definition) is 3. The molecule has 2 aromatic carbocycles. The number of carbonyl (C=O) groups excluding carboxylic acids is 1. The van der Waals surface area contributed by atoms with Gasteiger partial charge in [0.2, 0.25) is 0 Å².